The van der Waals surface area contributed by atoms with Gasteiger partial charge in [-0.3, -0.25) is 4.79 Å². The fourth-order valence-corrected chi connectivity index (χ4v) is 3.75. The second kappa shape index (κ2) is 6.08. The van der Waals surface area contributed by atoms with E-state index in [1.54, 1.807) is 34.8 Å². The lowest BCUT2D eigenvalue weighted by Gasteiger charge is -2.17. The summed E-state index contributed by atoms with van der Waals surface area (Å²) in [5.74, 6) is 0.430. The summed E-state index contributed by atoms with van der Waals surface area (Å²) in [4.78, 5) is 22.9. The van der Waals surface area contributed by atoms with Crippen LogP contribution in [-0.2, 0) is 4.79 Å². The molecule has 1 aromatic heterocycles. The molecule has 23 heavy (non-hydrogen) atoms. The topological polar surface area (TPSA) is 84.2 Å². The first-order valence-corrected chi connectivity index (χ1v) is 8.35. The van der Waals surface area contributed by atoms with Crippen molar-refractivity contribution in [2.75, 3.05) is 11.1 Å². The normalized spacial score (nSPS) is 17.5. The Morgan fingerprint density at radius 3 is 2.70 bits per heavy atom. The molecule has 1 aliphatic rings. The number of hydrogen-bond donors (Lipinski definition) is 2. The third kappa shape index (κ3) is 2.96. The number of carbonyl (C=O) groups is 2. The lowest BCUT2D eigenvalue weighted by molar-refractivity contribution is -0.113. The molecule has 0 bridgehead atoms. The van der Waals surface area contributed by atoms with Gasteiger partial charge in [-0.05, 0) is 30.2 Å². The highest BCUT2D eigenvalue weighted by Gasteiger charge is 2.28. The number of carboxylic acids is 1. The smallest absolute Gasteiger partial charge is 0.335 e. The van der Waals surface area contributed by atoms with E-state index in [-0.39, 0.29) is 16.7 Å². The van der Waals surface area contributed by atoms with Crippen LogP contribution in [-0.4, -0.2) is 32.5 Å². The molecule has 0 saturated heterocycles. The van der Waals surface area contributed by atoms with Gasteiger partial charge in [0.05, 0.1) is 23.2 Å². The van der Waals surface area contributed by atoms with Gasteiger partial charge in [-0.2, -0.15) is 5.10 Å². The first-order valence-electron chi connectivity index (χ1n) is 7.30. The molecule has 0 radical (unpaired) electrons. The zero-order valence-corrected chi connectivity index (χ0v) is 13.6. The molecule has 0 fully saturated rings. The molecular weight excluding hydrogens is 314 g/mol. The van der Waals surface area contributed by atoms with E-state index in [2.05, 4.69) is 24.3 Å². The molecule has 2 aromatic rings. The summed E-state index contributed by atoms with van der Waals surface area (Å²) < 4.78 is 1.65. The van der Waals surface area contributed by atoms with Gasteiger partial charge >= 0.3 is 5.97 Å². The van der Waals surface area contributed by atoms with Crippen LogP contribution in [0.4, 0.5) is 5.82 Å². The number of amides is 1. The van der Waals surface area contributed by atoms with E-state index < -0.39 is 5.97 Å². The predicted octanol–water partition coefficient (Wildman–Crippen LogP) is 2.95. The van der Waals surface area contributed by atoms with E-state index in [0.29, 0.717) is 23.2 Å². The number of aromatic carboxylic acids is 1. The van der Waals surface area contributed by atoms with Gasteiger partial charge in [0.15, 0.2) is 0 Å². The Bertz CT molecular complexity index is 752. The van der Waals surface area contributed by atoms with Gasteiger partial charge in [-0.25, -0.2) is 9.48 Å². The molecule has 0 aliphatic carbocycles. The van der Waals surface area contributed by atoms with Crippen LogP contribution in [0, 0.1) is 5.92 Å². The van der Waals surface area contributed by atoms with Gasteiger partial charge in [-0.15, -0.1) is 11.8 Å². The maximum Gasteiger partial charge on any atom is 0.335 e. The Morgan fingerprint density at radius 2 is 2.09 bits per heavy atom. The van der Waals surface area contributed by atoms with Crippen molar-refractivity contribution < 1.29 is 14.7 Å². The quantitative estimate of drug-likeness (QED) is 0.903. The van der Waals surface area contributed by atoms with Crippen LogP contribution in [0.3, 0.4) is 0 Å². The number of hydrogen-bond acceptors (Lipinski definition) is 4. The van der Waals surface area contributed by atoms with E-state index in [4.69, 9.17) is 5.11 Å². The zero-order chi connectivity index (χ0) is 16.6. The molecule has 3 rings (SSSR count). The first kappa shape index (κ1) is 15.6. The SMILES string of the molecule is CC(C)[C@@H]1SCC(=O)Nc2c1cnn2-c1ccc(C(=O)O)cc1. The van der Waals surface area contributed by atoms with E-state index >= 15 is 0 Å². The summed E-state index contributed by atoms with van der Waals surface area (Å²) in [6.07, 6.45) is 1.78. The fraction of sp³-hybridized carbons (Fsp3) is 0.312. The van der Waals surface area contributed by atoms with Gasteiger partial charge in [0, 0.05) is 10.8 Å². The summed E-state index contributed by atoms with van der Waals surface area (Å²) in [6.45, 7) is 4.24. The maximum absolute atomic E-state index is 12.0. The standard InChI is InChI=1S/C16H17N3O3S/c1-9(2)14-12-7-17-19(15(12)18-13(20)8-23-14)11-5-3-10(4-6-11)16(21)22/h3-7,9,14H,8H2,1-2H3,(H,18,20)(H,21,22)/t14-/m0/s1. The van der Waals surface area contributed by atoms with Gasteiger partial charge in [-0.1, -0.05) is 13.8 Å². The van der Waals surface area contributed by atoms with Crippen LogP contribution < -0.4 is 5.32 Å². The number of rotatable bonds is 3. The van der Waals surface area contributed by atoms with Gasteiger partial charge < -0.3 is 10.4 Å². The van der Waals surface area contributed by atoms with Crippen molar-refractivity contribution in [1.82, 2.24) is 9.78 Å². The van der Waals surface area contributed by atoms with Crippen molar-refractivity contribution in [2.24, 2.45) is 5.92 Å². The molecule has 6 nitrogen and oxygen atoms in total. The van der Waals surface area contributed by atoms with Crippen molar-refractivity contribution in [3.8, 4) is 5.69 Å². The lowest BCUT2D eigenvalue weighted by atomic mass is 10.0. The van der Waals surface area contributed by atoms with Gasteiger partial charge in [0.1, 0.15) is 5.82 Å². The molecular formula is C16H17N3O3S. The Kier molecular flexibility index (Phi) is 4.12. The molecule has 2 N–H and O–H groups in total. The van der Waals surface area contributed by atoms with Crippen molar-refractivity contribution in [3.05, 3.63) is 41.6 Å². The second-order valence-corrected chi connectivity index (χ2v) is 6.87. The molecule has 1 aliphatic heterocycles. The van der Waals surface area contributed by atoms with Crippen LogP contribution in [0.2, 0.25) is 0 Å². The minimum Gasteiger partial charge on any atom is -0.478 e. The van der Waals surface area contributed by atoms with Gasteiger partial charge in [0.25, 0.3) is 0 Å². The highest BCUT2D eigenvalue weighted by Crippen LogP contribution is 2.41. The number of anilines is 1. The zero-order valence-electron chi connectivity index (χ0n) is 12.8. The maximum atomic E-state index is 12.0. The van der Waals surface area contributed by atoms with Crippen LogP contribution in [0.1, 0.15) is 35.0 Å². The molecule has 0 saturated carbocycles. The highest BCUT2D eigenvalue weighted by atomic mass is 32.2. The molecule has 7 heteroatoms. The highest BCUT2D eigenvalue weighted by molar-refractivity contribution is 8.00. The third-order valence-electron chi connectivity index (χ3n) is 3.72. The number of carbonyl (C=O) groups excluding carboxylic acids is 1. The van der Waals surface area contributed by atoms with E-state index in [1.165, 1.54) is 12.1 Å². The average Bonchev–Trinajstić information content (AvgIpc) is 2.83. The summed E-state index contributed by atoms with van der Waals surface area (Å²) >= 11 is 1.61. The summed E-state index contributed by atoms with van der Waals surface area (Å²) in [7, 11) is 0. The Labute approximate surface area is 137 Å². The monoisotopic (exact) mass is 331 g/mol. The number of nitrogens with one attached hydrogen (secondary N) is 1. The molecule has 0 unspecified atom stereocenters. The molecule has 1 amide bonds. The van der Waals surface area contributed by atoms with Crippen molar-refractivity contribution in [2.45, 2.75) is 19.1 Å². The van der Waals surface area contributed by atoms with Crippen LogP contribution in [0.25, 0.3) is 5.69 Å². The van der Waals surface area contributed by atoms with Crippen LogP contribution >= 0.6 is 11.8 Å². The second-order valence-electron chi connectivity index (χ2n) is 5.74. The number of fused-ring (bicyclic) bond motifs is 1. The summed E-state index contributed by atoms with van der Waals surface area (Å²) in [6, 6.07) is 6.43. The number of nitrogens with zero attached hydrogens (tertiary/aromatic N) is 2. The number of carboxylic acid groups (broad SMARTS) is 1. The predicted molar refractivity (Wildman–Crippen MR) is 89.2 cm³/mol. The Hall–Kier alpha value is -2.28. The van der Waals surface area contributed by atoms with E-state index in [9.17, 15) is 9.59 Å². The largest absolute Gasteiger partial charge is 0.478 e. The minimum atomic E-state index is -0.972. The fourth-order valence-electron chi connectivity index (χ4n) is 2.61. The molecule has 0 spiro atoms. The van der Waals surface area contributed by atoms with Crippen LogP contribution in [0.5, 0.6) is 0 Å². The number of thioether (sulfide) groups is 1. The van der Waals surface area contributed by atoms with Gasteiger partial charge in [0.2, 0.25) is 5.91 Å². The van der Waals surface area contributed by atoms with Crippen LogP contribution in [0.15, 0.2) is 30.5 Å². The first-order chi connectivity index (χ1) is 11.0. The van der Waals surface area contributed by atoms with Crippen molar-refractivity contribution in [3.63, 3.8) is 0 Å². The number of aromatic nitrogens is 2. The molecule has 120 valence electrons. The lowest BCUT2D eigenvalue weighted by Crippen LogP contribution is -2.15. The van der Waals surface area contributed by atoms with E-state index in [1.807, 2.05) is 0 Å². The average molecular weight is 331 g/mol. The van der Waals surface area contributed by atoms with Crippen molar-refractivity contribution in [1.29, 1.82) is 0 Å². The summed E-state index contributed by atoms with van der Waals surface area (Å²) in [5, 5.41) is 16.5. The molecule has 1 aromatic carbocycles. The minimum absolute atomic E-state index is 0.0525. The Morgan fingerprint density at radius 1 is 1.39 bits per heavy atom. The van der Waals surface area contributed by atoms with Crippen molar-refractivity contribution >= 4 is 29.5 Å². The molecule has 1 atom stereocenters. The Balaban J connectivity index is 2.05. The number of benzene rings is 1. The molecule has 2 heterocycles. The third-order valence-corrected chi connectivity index (χ3v) is 5.31. The summed E-state index contributed by atoms with van der Waals surface area (Å²) in [5.41, 5.74) is 1.93. The van der Waals surface area contributed by atoms with E-state index in [0.717, 1.165) is 5.56 Å².